The summed E-state index contributed by atoms with van der Waals surface area (Å²) in [4.78, 5) is 7.69. The van der Waals surface area contributed by atoms with Gasteiger partial charge in [-0.15, -0.1) is 0 Å². The van der Waals surface area contributed by atoms with Crippen molar-refractivity contribution in [1.82, 2.24) is 9.21 Å². The molecule has 6 heteroatoms. The Bertz CT molecular complexity index is 804. The number of amidine groups is 1. The Hall–Kier alpha value is -0.880. The topological polar surface area (TPSA) is 53.0 Å². The molecule has 0 aliphatic carbocycles. The van der Waals surface area contributed by atoms with E-state index in [1.54, 1.807) is 4.31 Å². The molecule has 0 bridgehead atoms. The van der Waals surface area contributed by atoms with Crippen LogP contribution in [0.3, 0.4) is 0 Å². The number of hydrogen-bond donors (Lipinski definition) is 0. The Balaban J connectivity index is 2.15. The molecule has 160 valence electrons. The fourth-order valence-electron chi connectivity index (χ4n) is 4.93. The van der Waals surface area contributed by atoms with Crippen molar-refractivity contribution in [3.8, 4) is 0 Å². The first-order chi connectivity index (χ1) is 12.5. The van der Waals surface area contributed by atoms with Gasteiger partial charge in [0.2, 0.25) is 10.0 Å². The van der Waals surface area contributed by atoms with Crippen LogP contribution in [0.4, 0.5) is 0 Å². The molecule has 3 aliphatic rings. The minimum Gasteiger partial charge on any atom is -0.332 e. The van der Waals surface area contributed by atoms with Gasteiger partial charge in [0.1, 0.15) is 5.84 Å². The lowest BCUT2D eigenvalue weighted by Crippen LogP contribution is -2.47. The molecule has 0 radical (unpaired) electrons. The standard InChI is InChI=1S/C22H39N3O2S/c1-20(2,3)17-16-13-15(25-11-10-12-28(25,26)27)14-24(16)19(22(7,8)9)23-18(17)21(4,5)6/h15,18H,10-14H2,1-9H3. The number of rotatable bonds is 1. The van der Waals surface area contributed by atoms with Gasteiger partial charge in [0, 0.05) is 36.7 Å². The molecule has 0 aromatic heterocycles. The molecule has 5 nitrogen and oxygen atoms in total. The van der Waals surface area contributed by atoms with Crippen molar-refractivity contribution in [2.75, 3.05) is 18.8 Å². The van der Waals surface area contributed by atoms with Crippen LogP contribution >= 0.6 is 0 Å². The normalized spacial score (nSPS) is 29.3. The van der Waals surface area contributed by atoms with Gasteiger partial charge in [-0.1, -0.05) is 62.3 Å². The SMILES string of the molecule is CC(C)(C)C1=NC(C(C)(C)C)C(C(C)(C)C)=C2CC(N3CCCS3(=O)=O)CN12. The molecule has 0 aromatic rings. The summed E-state index contributed by atoms with van der Waals surface area (Å²) in [5.74, 6) is 1.40. The molecule has 3 rings (SSSR count). The van der Waals surface area contributed by atoms with Gasteiger partial charge in [-0.2, -0.15) is 4.31 Å². The first-order valence-electron chi connectivity index (χ1n) is 10.6. The van der Waals surface area contributed by atoms with Crippen molar-refractivity contribution < 1.29 is 8.42 Å². The van der Waals surface area contributed by atoms with Crippen molar-refractivity contribution in [3.05, 3.63) is 11.3 Å². The summed E-state index contributed by atoms with van der Waals surface area (Å²) < 4.78 is 27.0. The molecule has 0 aromatic carbocycles. The average molecular weight is 410 g/mol. The summed E-state index contributed by atoms with van der Waals surface area (Å²) in [6.45, 7) is 21.6. The highest BCUT2D eigenvalue weighted by molar-refractivity contribution is 7.89. The zero-order valence-corrected chi connectivity index (χ0v) is 20.1. The maximum absolute atomic E-state index is 12.6. The van der Waals surface area contributed by atoms with E-state index in [1.807, 2.05) is 0 Å². The summed E-state index contributed by atoms with van der Waals surface area (Å²) in [6.07, 6.45) is 1.54. The van der Waals surface area contributed by atoms with Crippen LogP contribution in [-0.2, 0) is 10.0 Å². The molecule has 0 spiro atoms. The van der Waals surface area contributed by atoms with Crippen LogP contribution < -0.4 is 0 Å². The van der Waals surface area contributed by atoms with Gasteiger partial charge in [-0.05, 0) is 22.8 Å². The maximum Gasteiger partial charge on any atom is 0.214 e. The third-order valence-corrected chi connectivity index (χ3v) is 8.08. The number of fused-ring (bicyclic) bond motifs is 1. The van der Waals surface area contributed by atoms with Crippen molar-refractivity contribution in [2.24, 2.45) is 21.2 Å². The summed E-state index contributed by atoms with van der Waals surface area (Å²) in [6, 6.07) is 0.132. The highest BCUT2D eigenvalue weighted by Gasteiger charge is 2.49. The van der Waals surface area contributed by atoms with Crippen molar-refractivity contribution >= 4 is 15.9 Å². The molecule has 28 heavy (non-hydrogen) atoms. The average Bonchev–Trinajstić information content (AvgIpc) is 3.04. The lowest BCUT2D eigenvalue weighted by atomic mass is 9.70. The highest BCUT2D eigenvalue weighted by atomic mass is 32.2. The summed E-state index contributed by atoms with van der Waals surface area (Å²) in [5.41, 5.74) is 2.61. The van der Waals surface area contributed by atoms with Crippen molar-refractivity contribution in [2.45, 2.75) is 87.2 Å². The monoisotopic (exact) mass is 409 g/mol. The van der Waals surface area contributed by atoms with Crippen molar-refractivity contribution in [3.63, 3.8) is 0 Å². The molecule has 2 unspecified atom stereocenters. The van der Waals surface area contributed by atoms with Crippen LogP contribution in [0.1, 0.15) is 75.2 Å². The fraction of sp³-hybridized carbons (Fsp3) is 0.864. The molecule has 3 aliphatic heterocycles. The molecular weight excluding hydrogens is 370 g/mol. The summed E-state index contributed by atoms with van der Waals surface area (Å²) >= 11 is 0. The fourth-order valence-corrected chi connectivity index (χ4v) is 6.66. The molecule has 0 amide bonds. The van der Waals surface area contributed by atoms with Crippen LogP contribution in [0.15, 0.2) is 16.3 Å². The van der Waals surface area contributed by atoms with E-state index in [9.17, 15) is 8.42 Å². The predicted molar refractivity (Wildman–Crippen MR) is 117 cm³/mol. The third kappa shape index (κ3) is 3.79. The summed E-state index contributed by atoms with van der Waals surface area (Å²) in [5, 5.41) is 0. The second-order valence-corrected chi connectivity index (χ2v) is 13.9. The van der Waals surface area contributed by atoms with E-state index in [0.717, 1.165) is 25.2 Å². The van der Waals surface area contributed by atoms with Crippen LogP contribution in [-0.4, -0.2) is 54.4 Å². The van der Waals surface area contributed by atoms with E-state index in [4.69, 9.17) is 4.99 Å². The molecule has 3 heterocycles. The molecule has 2 saturated heterocycles. The first kappa shape index (κ1) is 21.8. The Morgan fingerprint density at radius 3 is 2.00 bits per heavy atom. The van der Waals surface area contributed by atoms with Crippen LogP contribution in [0.25, 0.3) is 0 Å². The first-order valence-corrected chi connectivity index (χ1v) is 12.2. The maximum atomic E-state index is 12.6. The predicted octanol–water partition coefficient (Wildman–Crippen LogP) is 4.27. The molecule has 0 saturated carbocycles. The van der Waals surface area contributed by atoms with Gasteiger partial charge in [0.25, 0.3) is 0 Å². The van der Waals surface area contributed by atoms with Crippen molar-refractivity contribution in [1.29, 1.82) is 0 Å². The van der Waals surface area contributed by atoms with E-state index >= 15 is 0 Å². The van der Waals surface area contributed by atoms with E-state index in [1.165, 1.54) is 11.3 Å². The Labute approximate surface area is 172 Å². The van der Waals surface area contributed by atoms with Gasteiger partial charge < -0.3 is 4.90 Å². The molecule has 0 N–H and O–H groups in total. The van der Waals surface area contributed by atoms with Crippen LogP contribution in [0, 0.1) is 16.2 Å². The Morgan fingerprint density at radius 1 is 0.964 bits per heavy atom. The van der Waals surface area contributed by atoms with Gasteiger partial charge in [-0.25, -0.2) is 8.42 Å². The van der Waals surface area contributed by atoms with Gasteiger partial charge in [-0.3, -0.25) is 4.99 Å². The quantitative estimate of drug-likeness (QED) is 0.650. The van der Waals surface area contributed by atoms with E-state index in [2.05, 4.69) is 67.2 Å². The van der Waals surface area contributed by atoms with Gasteiger partial charge >= 0.3 is 0 Å². The van der Waals surface area contributed by atoms with E-state index in [-0.39, 0.29) is 28.3 Å². The zero-order chi connectivity index (χ0) is 21.3. The van der Waals surface area contributed by atoms with E-state index in [0.29, 0.717) is 12.3 Å². The second-order valence-electron chi connectivity index (χ2n) is 11.8. The zero-order valence-electron chi connectivity index (χ0n) is 19.3. The minimum absolute atomic E-state index is 0.00993. The molecular formula is C22H39N3O2S. The van der Waals surface area contributed by atoms with Crippen LogP contribution in [0.5, 0.6) is 0 Å². The van der Waals surface area contributed by atoms with E-state index < -0.39 is 10.0 Å². The van der Waals surface area contributed by atoms with Gasteiger partial charge in [0.05, 0.1) is 11.8 Å². The highest BCUT2D eigenvalue weighted by Crippen LogP contribution is 2.48. The lowest BCUT2D eigenvalue weighted by molar-refractivity contribution is 0.283. The minimum atomic E-state index is -3.12. The molecule has 2 fully saturated rings. The summed E-state index contributed by atoms with van der Waals surface area (Å²) in [7, 11) is -3.12. The number of nitrogens with zero attached hydrogens (tertiary/aromatic N) is 3. The number of sulfonamides is 1. The third-order valence-electron chi connectivity index (χ3n) is 6.08. The molecule has 2 atom stereocenters. The smallest absolute Gasteiger partial charge is 0.214 e. The lowest BCUT2D eigenvalue weighted by Gasteiger charge is -2.45. The van der Waals surface area contributed by atoms with Gasteiger partial charge in [0.15, 0.2) is 0 Å². The van der Waals surface area contributed by atoms with Crippen LogP contribution in [0.2, 0.25) is 0 Å². The number of hydrogen-bond acceptors (Lipinski definition) is 4. The largest absolute Gasteiger partial charge is 0.332 e. The number of aliphatic imine (C=N–C) groups is 1. The second kappa shape index (κ2) is 6.56. The Morgan fingerprint density at radius 2 is 1.57 bits per heavy atom. The Kier molecular flexibility index (Phi) is 5.11.